The average Bonchev–Trinajstić information content (AvgIpc) is 3.34. The lowest BCUT2D eigenvalue weighted by Crippen LogP contribution is -2.47. The molecule has 1 aromatic rings. The molecule has 2 atom stereocenters. The molecule has 0 radical (unpaired) electrons. The number of hydrogen-bond acceptors (Lipinski definition) is 6. The molecule has 9 nitrogen and oxygen atoms in total. The Kier molecular flexibility index (Phi) is 6.41. The van der Waals surface area contributed by atoms with Crippen molar-refractivity contribution in [3.05, 3.63) is 24.3 Å². The van der Waals surface area contributed by atoms with Gasteiger partial charge in [0.25, 0.3) is 0 Å². The monoisotopic (exact) mass is 463 g/mol. The first-order chi connectivity index (χ1) is 15.3. The molecule has 3 fully saturated rings. The van der Waals surface area contributed by atoms with Crippen LogP contribution in [0.4, 0.5) is 5.69 Å². The highest BCUT2D eigenvalue weighted by Gasteiger charge is 2.39. The zero-order valence-corrected chi connectivity index (χ0v) is 19.0. The highest BCUT2D eigenvalue weighted by Crippen LogP contribution is 2.29. The Morgan fingerprint density at radius 1 is 1.06 bits per heavy atom. The quantitative estimate of drug-likeness (QED) is 0.684. The van der Waals surface area contributed by atoms with E-state index in [-0.39, 0.29) is 47.6 Å². The van der Waals surface area contributed by atoms with Crippen LogP contribution < -0.4 is 15.0 Å². The van der Waals surface area contributed by atoms with Crippen LogP contribution >= 0.6 is 0 Å². The number of piperidine rings is 1. The summed E-state index contributed by atoms with van der Waals surface area (Å²) in [4.78, 5) is 41.4. The number of carbonyl (C=O) groups excluding carboxylic acids is 3. The largest absolute Gasteiger partial charge is 0.497 e. The molecule has 0 aromatic heterocycles. The summed E-state index contributed by atoms with van der Waals surface area (Å²) in [6.45, 7) is 1.28. The summed E-state index contributed by atoms with van der Waals surface area (Å²) < 4.78 is 28.3. The lowest BCUT2D eigenvalue weighted by Gasteiger charge is -2.33. The Labute approximate surface area is 188 Å². The predicted molar refractivity (Wildman–Crippen MR) is 118 cm³/mol. The van der Waals surface area contributed by atoms with Gasteiger partial charge in [-0.05, 0) is 43.5 Å². The fraction of sp³-hybridized carbons (Fsp3) is 0.591. The Bertz CT molecular complexity index is 985. The minimum absolute atomic E-state index is 0.0104. The van der Waals surface area contributed by atoms with E-state index in [1.807, 2.05) is 12.1 Å². The van der Waals surface area contributed by atoms with E-state index in [0.29, 0.717) is 44.6 Å². The number of anilines is 1. The lowest BCUT2D eigenvalue weighted by atomic mass is 9.94. The van der Waals surface area contributed by atoms with Gasteiger partial charge in [-0.25, -0.2) is 8.42 Å². The molecule has 1 aromatic carbocycles. The molecular weight excluding hydrogens is 434 g/mol. The van der Waals surface area contributed by atoms with Crippen molar-refractivity contribution < 1.29 is 27.5 Å². The van der Waals surface area contributed by atoms with Gasteiger partial charge in [-0.1, -0.05) is 0 Å². The van der Waals surface area contributed by atoms with Crippen molar-refractivity contribution in [2.24, 2.45) is 11.8 Å². The van der Waals surface area contributed by atoms with Crippen molar-refractivity contribution in [2.75, 3.05) is 43.1 Å². The van der Waals surface area contributed by atoms with Crippen LogP contribution in [0.2, 0.25) is 0 Å². The Balaban J connectivity index is 1.28. The zero-order valence-electron chi connectivity index (χ0n) is 18.2. The van der Waals surface area contributed by atoms with Crippen LogP contribution in [0, 0.1) is 11.8 Å². The first-order valence-electron chi connectivity index (χ1n) is 11.0. The summed E-state index contributed by atoms with van der Waals surface area (Å²) >= 11 is 0. The van der Waals surface area contributed by atoms with Gasteiger partial charge in [0.05, 0.1) is 24.5 Å². The van der Waals surface area contributed by atoms with Crippen LogP contribution in [0.1, 0.15) is 25.7 Å². The van der Waals surface area contributed by atoms with Gasteiger partial charge >= 0.3 is 0 Å². The number of sulfone groups is 1. The van der Waals surface area contributed by atoms with E-state index in [0.717, 1.165) is 5.69 Å². The smallest absolute Gasteiger partial charge is 0.228 e. The topological polar surface area (TPSA) is 113 Å². The maximum absolute atomic E-state index is 13.0. The summed E-state index contributed by atoms with van der Waals surface area (Å²) in [5.41, 5.74) is 0.746. The molecule has 0 aliphatic carbocycles. The van der Waals surface area contributed by atoms with Crippen molar-refractivity contribution in [1.29, 1.82) is 0 Å². The summed E-state index contributed by atoms with van der Waals surface area (Å²) in [6, 6.07) is 6.89. The molecule has 3 saturated heterocycles. The van der Waals surface area contributed by atoms with Crippen molar-refractivity contribution in [2.45, 2.75) is 31.7 Å². The minimum atomic E-state index is -3.04. The molecule has 4 rings (SSSR count). The van der Waals surface area contributed by atoms with Gasteiger partial charge in [-0.3, -0.25) is 14.4 Å². The highest BCUT2D eigenvalue weighted by atomic mass is 32.2. The van der Waals surface area contributed by atoms with Gasteiger partial charge in [0.15, 0.2) is 9.84 Å². The number of likely N-dealkylation sites (tertiary alicyclic amines) is 1. The molecule has 3 heterocycles. The number of methoxy groups -OCH3 is 1. The van der Waals surface area contributed by atoms with Gasteiger partial charge in [-0.2, -0.15) is 0 Å². The molecule has 3 aliphatic rings. The van der Waals surface area contributed by atoms with Gasteiger partial charge in [0.1, 0.15) is 5.75 Å². The molecule has 0 bridgehead atoms. The third kappa shape index (κ3) is 4.90. The Hall–Kier alpha value is -2.62. The number of hydrogen-bond donors (Lipinski definition) is 1. The molecule has 2 unspecified atom stereocenters. The predicted octanol–water partition coefficient (Wildman–Crippen LogP) is 0.590. The van der Waals surface area contributed by atoms with Crippen molar-refractivity contribution >= 4 is 33.2 Å². The number of nitrogens with zero attached hydrogens (tertiary/aromatic N) is 2. The number of benzene rings is 1. The van der Waals surface area contributed by atoms with Crippen LogP contribution in [-0.4, -0.2) is 75.3 Å². The van der Waals surface area contributed by atoms with E-state index in [1.165, 1.54) is 0 Å². The third-order valence-electron chi connectivity index (χ3n) is 6.61. The van der Waals surface area contributed by atoms with E-state index in [9.17, 15) is 22.8 Å². The van der Waals surface area contributed by atoms with Crippen molar-refractivity contribution in [1.82, 2.24) is 10.2 Å². The third-order valence-corrected chi connectivity index (χ3v) is 8.38. The zero-order chi connectivity index (χ0) is 22.9. The second-order valence-corrected chi connectivity index (χ2v) is 11.0. The molecule has 0 spiro atoms. The maximum Gasteiger partial charge on any atom is 0.228 e. The van der Waals surface area contributed by atoms with Crippen LogP contribution in [-0.2, 0) is 24.2 Å². The molecular formula is C22H29N3O6S. The van der Waals surface area contributed by atoms with Crippen LogP contribution in [0.25, 0.3) is 0 Å². The number of nitrogens with one attached hydrogen (secondary N) is 1. The van der Waals surface area contributed by atoms with E-state index in [4.69, 9.17) is 4.74 Å². The maximum atomic E-state index is 13.0. The van der Waals surface area contributed by atoms with Crippen molar-refractivity contribution in [3.8, 4) is 5.75 Å². The Morgan fingerprint density at radius 3 is 2.34 bits per heavy atom. The molecule has 1 N–H and O–H groups in total. The average molecular weight is 464 g/mol. The summed E-state index contributed by atoms with van der Waals surface area (Å²) in [7, 11) is -1.46. The SMILES string of the molecule is COc1ccc(N2CC(C(=O)N3CCC(C(=O)NC4CCS(=O)(=O)C4)CC3)CC2=O)cc1. The molecule has 0 saturated carbocycles. The number of ether oxygens (including phenoxy) is 1. The normalized spacial score (nSPS) is 25.7. The molecule has 3 amide bonds. The minimum Gasteiger partial charge on any atom is -0.497 e. The van der Waals surface area contributed by atoms with Gasteiger partial charge < -0.3 is 19.9 Å². The molecule has 10 heteroatoms. The molecule has 32 heavy (non-hydrogen) atoms. The first kappa shape index (κ1) is 22.6. The van der Waals surface area contributed by atoms with Crippen molar-refractivity contribution in [3.63, 3.8) is 0 Å². The van der Waals surface area contributed by atoms with Gasteiger partial charge in [0, 0.05) is 43.7 Å². The van der Waals surface area contributed by atoms with Crippen LogP contribution in [0.15, 0.2) is 24.3 Å². The fourth-order valence-electron chi connectivity index (χ4n) is 4.73. The molecule has 174 valence electrons. The second kappa shape index (κ2) is 9.09. The highest BCUT2D eigenvalue weighted by molar-refractivity contribution is 7.91. The van der Waals surface area contributed by atoms with Crippen LogP contribution in [0.5, 0.6) is 5.75 Å². The number of rotatable bonds is 5. The molecule has 3 aliphatic heterocycles. The lowest BCUT2D eigenvalue weighted by molar-refractivity contribution is -0.139. The van der Waals surface area contributed by atoms with E-state index >= 15 is 0 Å². The summed E-state index contributed by atoms with van der Waals surface area (Å²) in [5, 5.41) is 2.86. The number of carbonyl (C=O) groups is 3. The summed E-state index contributed by atoms with van der Waals surface area (Å²) in [6.07, 6.45) is 1.73. The van der Waals surface area contributed by atoms with Gasteiger partial charge in [-0.15, -0.1) is 0 Å². The van der Waals surface area contributed by atoms with Crippen LogP contribution in [0.3, 0.4) is 0 Å². The Morgan fingerprint density at radius 2 is 1.75 bits per heavy atom. The second-order valence-electron chi connectivity index (χ2n) is 8.81. The first-order valence-corrected chi connectivity index (χ1v) is 12.8. The van der Waals surface area contributed by atoms with E-state index < -0.39 is 15.8 Å². The standard InChI is InChI=1S/C22H29N3O6S/c1-31-19-4-2-18(3-5-19)25-13-16(12-20(25)26)22(28)24-9-6-15(7-10-24)21(27)23-17-8-11-32(29,30)14-17/h2-5,15-17H,6-14H2,1H3,(H,23,27). The van der Waals surface area contributed by atoms with Gasteiger partial charge in [0.2, 0.25) is 17.7 Å². The van der Waals surface area contributed by atoms with E-state index in [1.54, 1.807) is 29.0 Å². The fourth-order valence-corrected chi connectivity index (χ4v) is 6.41. The van der Waals surface area contributed by atoms with E-state index in [2.05, 4.69) is 5.32 Å². The number of amides is 3. The summed E-state index contributed by atoms with van der Waals surface area (Å²) in [5.74, 6) is -0.0171.